The van der Waals surface area contributed by atoms with Crippen molar-refractivity contribution in [3.8, 4) is 0 Å². The Labute approximate surface area is 79.6 Å². The molecule has 0 saturated carbocycles. The Balaban J connectivity index is 2.70. The van der Waals surface area contributed by atoms with Gasteiger partial charge in [-0.15, -0.1) is 0 Å². The number of nitrogens with one attached hydrogen (secondary N) is 1. The highest BCUT2D eigenvalue weighted by Crippen LogP contribution is 2.12. The molecule has 0 aliphatic rings. The zero-order valence-corrected chi connectivity index (χ0v) is 8.70. The van der Waals surface area contributed by atoms with Crippen LogP contribution in [0.1, 0.15) is 39.2 Å². The van der Waals surface area contributed by atoms with E-state index in [-0.39, 0.29) is 0 Å². The first-order chi connectivity index (χ1) is 6.09. The number of rotatable bonds is 3. The number of hydrogen-bond acceptors (Lipinski definition) is 3. The lowest BCUT2D eigenvalue weighted by molar-refractivity contribution is 0.832. The summed E-state index contributed by atoms with van der Waals surface area (Å²) < 4.78 is 0. The summed E-state index contributed by atoms with van der Waals surface area (Å²) in [7, 11) is 0. The molecule has 3 heteroatoms. The molecule has 0 atom stereocenters. The summed E-state index contributed by atoms with van der Waals surface area (Å²) in [6.07, 6.45) is 3.75. The minimum absolute atomic E-state index is 0.380. The molecule has 0 radical (unpaired) electrons. The van der Waals surface area contributed by atoms with E-state index >= 15 is 0 Å². The molecule has 1 rings (SSSR count). The summed E-state index contributed by atoms with van der Waals surface area (Å²) in [4.78, 5) is 8.44. The highest BCUT2D eigenvalue weighted by atomic mass is 15.1. The van der Waals surface area contributed by atoms with Crippen LogP contribution in [0.15, 0.2) is 12.4 Å². The largest absolute Gasteiger partial charge is 0.352 e. The van der Waals surface area contributed by atoms with Crippen molar-refractivity contribution < 1.29 is 0 Å². The summed E-state index contributed by atoms with van der Waals surface area (Å²) >= 11 is 0. The zero-order valence-electron chi connectivity index (χ0n) is 8.70. The maximum absolute atomic E-state index is 4.22. The Morgan fingerprint density at radius 2 is 1.62 bits per heavy atom. The normalized spacial score (nSPS) is 10.9. The molecule has 0 fully saturated rings. The van der Waals surface area contributed by atoms with Crippen molar-refractivity contribution in [2.45, 2.75) is 39.7 Å². The third-order valence-electron chi connectivity index (χ3n) is 1.76. The van der Waals surface area contributed by atoms with Gasteiger partial charge in [-0.2, -0.15) is 0 Å². The van der Waals surface area contributed by atoms with Crippen LogP contribution in [-0.2, 0) is 0 Å². The fourth-order valence-electron chi connectivity index (χ4n) is 0.969. The number of nitrogens with zero attached hydrogens (tertiary/aromatic N) is 2. The van der Waals surface area contributed by atoms with Crippen LogP contribution in [0.5, 0.6) is 0 Å². The smallest absolute Gasteiger partial charge is 0.222 e. The van der Waals surface area contributed by atoms with Gasteiger partial charge in [0.25, 0.3) is 0 Å². The molecule has 3 nitrogen and oxygen atoms in total. The van der Waals surface area contributed by atoms with Gasteiger partial charge in [0, 0.05) is 18.4 Å². The molecule has 0 aromatic carbocycles. The van der Waals surface area contributed by atoms with Crippen LogP contribution in [0, 0.1) is 0 Å². The predicted octanol–water partition coefficient (Wildman–Crippen LogP) is 2.42. The lowest BCUT2D eigenvalue weighted by Gasteiger charge is -2.09. The van der Waals surface area contributed by atoms with Crippen LogP contribution in [0.25, 0.3) is 0 Å². The Morgan fingerprint density at radius 1 is 1.08 bits per heavy atom. The maximum atomic E-state index is 4.22. The van der Waals surface area contributed by atoms with Crippen molar-refractivity contribution in [2.24, 2.45) is 0 Å². The number of aromatic nitrogens is 2. The lowest BCUT2D eigenvalue weighted by atomic mass is 10.1. The van der Waals surface area contributed by atoms with Crippen molar-refractivity contribution in [1.29, 1.82) is 0 Å². The molecular formula is C10H17N3. The van der Waals surface area contributed by atoms with Gasteiger partial charge in [-0.05, 0) is 25.3 Å². The molecule has 1 aromatic heterocycles. The van der Waals surface area contributed by atoms with E-state index in [9.17, 15) is 0 Å². The summed E-state index contributed by atoms with van der Waals surface area (Å²) in [5.41, 5.74) is 1.18. The molecule has 0 aliphatic carbocycles. The first-order valence-electron chi connectivity index (χ1n) is 4.68. The second-order valence-electron chi connectivity index (χ2n) is 3.79. The van der Waals surface area contributed by atoms with E-state index in [1.54, 1.807) is 0 Å². The van der Waals surface area contributed by atoms with Crippen molar-refractivity contribution in [1.82, 2.24) is 9.97 Å². The van der Waals surface area contributed by atoms with Crippen molar-refractivity contribution in [3.05, 3.63) is 18.0 Å². The summed E-state index contributed by atoms with van der Waals surface area (Å²) in [6, 6.07) is 0.380. The molecule has 0 amide bonds. The number of anilines is 1. The first kappa shape index (κ1) is 9.96. The average molecular weight is 179 g/mol. The molecule has 72 valence electrons. The minimum Gasteiger partial charge on any atom is -0.352 e. The van der Waals surface area contributed by atoms with Crippen molar-refractivity contribution in [2.75, 3.05) is 5.32 Å². The van der Waals surface area contributed by atoms with Crippen molar-refractivity contribution >= 4 is 5.95 Å². The van der Waals surface area contributed by atoms with Gasteiger partial charge in [-0.3, -0.25) is 0 Å². The number of hydrogen-bond donors (Lipinski definition) is 1. The SMILES string of the molecule is CC(C)Nc1ncc(C(C)C)cn1. The van der Waals surface area contributed by atoms with Gasteiger partial charge < -0.3 is 5.32 Å². The molecule has 0 saturated heterocycles. The maximum Gasteiger partial charge on any atom is 0.222 e. The van der Waals surface area contributed by atoms with E-state index in [0.29, 0.717) is 17.9 Å². The van der Waals surface area contributed by atoms with Crippen LogP contribution in [-0.4, -0.2) is 16.0 Å². The minimum atomic E-state index is 0.380. The first-order valence-corrected chi connectivity index (χ1v) is 4.68. The molecule has 13 heavy (non-hydrogen) atoms. The Hall–Kier alpha value is -1.12. The molecular weight excluding hydrogens is 162 g/mol. The van der Waals surface area contributed by atoms with E-state index in [4.69, 9.17) is 0 Å². The van der Waals surface area contributed by atoms with Crippen LogP contribution in [0.2, 0.25) is 0 Å². The van der Waals surface area contributed by atoms with Gasteiger partial charge in [0.15, 0.2) is 0 Å². The van der Waals surface area contributed by atoms with Crippen molar-refractivity contribution in [3.63, 3.8) is 0 Å². The van der Waals surface area contributed by atoms with Crippen LogP contribution in [0.4, 0.5) is 5.95 Å². The summed E-state index contributed by atoms with van der Waals surface area (Å²) in [6.45, 7) is 8.40. The Kier molecular flexibility index (Phi) is 3.23. The monoisotopic (exact) mass is 179 g/mol. The lowest BCUT2D eigenvalue weighted by Crippen LogP contribution is -2.12. The molecule has 0 aliphatic heterocycles. The van der Waals surface area contributed by atoms with Gasteiger partial charge in [0.2, 0.25) is 5.95 Å². The molecule has 1 heterocycles. The van der Waals surface area contributed by atoms with Crippen LogP contribution >= 0.6 is 0 Å². The third-order valence-corrected chi connectivity index (χ3v) is 1.76. The zero-order chi connectivity index (χ0) is 9.84. The van der Waals surface area contributed by atoms with E-state index in [1.165, 1.54) is 5.56 Å². The van der Waals surface area contributed by atoms with Crippen LogP contribution in [0.3, 0.4) is 0 Å². The van der Waals surface area contributed by atoms with E-state index < -0.39 is 0 Å². The molecule has 0 unspecified atom stereocenters. The fraction of sp³-hybridized carbons (Fsp3) is 0.600. The van der Waals surface area contributed by atoms with E-state index in [0.717, 1.165) is 0 Å². The molecule has 0 spiro atoms. The second-order valence-corrected chi connectivity index (χ2v) is 3.79. The Bertz CT molecular complexity index is 251. The summed E-state index contributed by atoms with van der Waals surface area (Å²) in [5, 5.41) is 3.15. The van der Waals surface area contributed by atoms with E-state index in [1.807, 2.05) is 12.4 Å². The predicted molar refractivity (Wildman–Crippen MR) is 54.9 cm³/mol. The van der Waals surface area contributed by atoms with Gasteiger partial charge in [-0.1, -0.05) is 13.8 Å². The summed E-state index contributed by atoms with van der Waals surface area (Å²) in [5.74, 6) is 1.20. The van der Waals surface area contributed by atoms with Gasteiger partial charge in [-0.25, -0.2) is 9.97 Å². The highest BCUT2D eigenvalue weighted by Gasteiger charge is 2.01. The van der Waals surface area contributed by atoms with Gasteiger partial charge >= 0.3 is 0 Å². The third kappa shape index (κ3) is 3.01. The topological polar surface area (TPSA) is 37.8 Å². The molecule has 0 bridgehead atoms. The Morgan fingerprint density at radius 3 is 2.00 bits per heavy atom. The highest BCUT2D eigenvalue weighted by molar-refractivity contribution is 5.26. The molecule has 1 aromatic rings. The average Bonchev–Trinajstić information content (AvgIpc) is 2.04. The standard InChI is InChI=1S/C10H17N3/c1-7(2)9-5-11-10(12-6-9)13-8(3)4/h5-8H,1-4H3,(H,11,12,13). The molecule has 1 N–H and O–H groups in total. The van der Waals surface area contributed by atoms with Gasteiger partial charge in [0.1, 0.15) is 0 Å². The quantitative estimate of drug-likeness (QED) is 0.774. The fourth-order valence-corrected chi connectivity index (χ4v) is 0.969. The van der Waals surface area contributed by atoms with Crippen LogP contribution < -0.4 is 5.32 Å². The van der Waals surface area contributed by atoms with Gasteiger partial charge in [0.05, 0.1) is 0 Å². The second kappa shape index (κ2) is 4.21. The van der Waals surface area contributed by atoms with E-state index in [2.05, 4.69) is 43.0 Å².